The van der Waals surface area contributed by atoms with Crippen LogP contribution in [-0.2, 0) is 14.3 Å². The molecule has 0 bridgehead atoms. The molecule has 0 amide bonds. The second-order valence-electron chi connectivity index (χ2n) is 9.48. The van der Waals surface area contributed by atoms with Gasteiger partial charge in [-0.15, -0.1) is 0 Å². The van der Waals surface area contributed by atoms with E-state index in [9.17, 15) is 18.0 Å². The van der Waals surface area contributed by atoms with Gasteiger partial charge in [0.2, 0.25) is 0 Å². The molecule has 1 atom stereocenters. The minimum atomic E-state index is -5.08. The Hall–Kier alpha value is -1.31. The molecule has 0 aliphatic carbocycles. The van der Waals surface area contributed by atoms with E-state index in [-0.39, 0.29) is 5.97 Å². The number of halogens is 3. The summed E-state index contributed by atoms with van der Waals surface area (Å²) < 4.78 is 36.8. The molecule has 0 heterocycles. The lowest BCUT2D eigenvalue weighted by Crippen LogP contribution is -2.28. The Labute approximate surface area is 211 Å². The maximum atomic E-state index is 11.2. The van der Waals surface area contributed by atoms with E-state index in [2.05, 4.69) is 6.92 Å². The van der Waals surface area contributed by atoms with Gasteiger partial charge in [-0.2, -0.15) is 13.2 Å². The first-order valence-corrected chi connectivity index (χ1v) is 13.8. The third kappa shape index (κ3) is 30.7. The molecule has 3 N–H and O–H groups in total. The van der Waals surface area contributed by atoms with E-state index < -0.39 is 18.2 Å². The van der Waals surface area contributed by atoms with Crippen LogP contribution < -0.4 is 5.73 Å². The number of carboxylic acids is 1. The monoisotopic (exact) mass is 511 g/mol. The number of alkyl halides is 3. The molecule has 0 aromatic heterocycles. The van der Waals surface area contributed by atoms with E-state index in [1.54, 1.807) is 6.92 Å². The summed E-state index contributed by atoms with van der Waals surface area (Å²) in [4.78, 5) is 20.1. The number of nitrogens with two attached hydrogens (primary N) is 1. The Morgan fingerprint density at radius 1 is 0.686 bits per heavy atom. The van der Waals surface area contributed by atoms with Gasteiger partial charge in [-0.25, -0.2) is 4.79 Å². The molecule has 0 saturated heterocycles. The summed E-state index contributed by atoms with van der Waals surface area (Å²) in [6, 6.07) is -0.495. The fourth-order valence-electron chi connectivity index (χ4n) is 3.66. The van der Waals surface area contributed by atoms with Crippen molar-refractivity contribution in [2.75, 3.05) is 6.61 Å². The Bertz CT molecular complexity index is 486. The molecule has 8 heteroatoms. The molecule has 0 fully saturated rings. The fourth-order valence-corrected chi connectivity index (χ4v) is 3.66. The average Bonchev–Trinajstić information content (AvgIpc) is 2.79. The van der Waals surface area contributed by atoms with Crippen molar-refractivity contribution in [3.05, 3.63) is 0 Å². The number of carboxylic acid groups (broad SMARTS) is 1. The van der Waals surface area contributed by atoms with Gasteiger partial charge in [0, 0.05) is 0 Å². The predicted molar refractivity (Wildman–Crippen MR) is 136 cm³/mol. The minimum Gasteiger partial charge on any atom is -0.475 e. The number of aliphatic carboxylic acids is 1. The number of carbonyl (C=O) groups excluding carboxylic acids is 1. The normalized spacial score (nSPS) is 12.1. The molecule has 0 aliphatic heterocycles. The molecule has 0 aliphatic rings. The van der Waals surface area contributed by atoms with Crippen LogP contribution in [0, 0.1) is 0 Å². The lowest BCUT2D eigenvalue weighted by atomic mass is 10.0. The van der Waals surface area contributed by atoms with Crippen LogP contribution in [-0.4, -0.2) is 35.9 Å². The Morgan fingerprint density at radius 3 is 1.17 bits per heavy atom. The molecule has 0 saturated carbocycles. The number of carbonyl (C=O) groups is 2. The number of ether oxygens (including phenoxy) is 1. The molecule has 0 aromatic carbocycles. The molecular weight excluding hydrogens is 459 g/mol. The Balaban J connectivity index is 0. The highest BCUT2D eigenvalue weighted by molar-refractivity contribution is 5.74. The van der Waals surface area contributed by atoms with Crippen molar-refractivity contribution < 1.29 is 32.6 Å². The summed E-state index contributed by atoms with van der Waals surface area (Å²) >= 11 is 0. The summed E-state index contributed by atoms with van der Waals surface area (Å²) in [5.41, 5.74) is 5.45. The van der Waals surface area contributed by atoms with Crippen LogP contribution >= 0.6 is 0 Å². The van der Waals surface area contributed by atoms with Gasteiger partial charge in [0.05, 0.1) is 6.61 Å². The first-order valence-electron chi connectivity index (χ1n) is 13.8. The van der Waals surface area contributed by atoms with Crippen LogP contribution in [0.5, 0.6) is 0 Å². The predicted octanol–water partition coefficient (Wildman–Crippen LogP) is 8.33. The molecule has 0 aromatic rings. The zero-order valence-corrected chi connectivity index (χ0v) is 22.3. The van der Waals surface area contributed by atoms with Crippen molar-refractivity contribution in [2.45, 2.75) is 154 Å². The smallest absolute Gasteiger partial charge is 0.475 e. The van der Waals surface area contributed by atoms with Crippen molar-refractivity contribution in [3.63, 3.8) is 0 Å². The number of hydrogen-bond donors (Lipinski definition) is 2. The Kier molecular flexibility index (Phi) is 26.4. The Morgan fingerprint density at radius 2 is 0.943 bits per heavy atom. The summed E-state index contributed by atoms with van der Waals surface area (Å²) in [5.74, 6) is -3.04. The lowest BCUT2D eigenvalue weighted by molar-refractivity contribution is -0.192. The second kappa shape index (κ2) is 25.8. The molecular formula is C27H52F3NO4. The third-order valence-electron chi connectivity index (χ3n) is 5.86. The van der Waals surface area contributed by atoms with Gasteiger partial charge in [-0.3, -0.25) is 4.79 Å². The van der Waals surface area contributed by atoms with Crippen LogP contribution in [0.3, 0.4) is 0 Å². The quantitative estimate of drug-likeness (QED) is 0.113. The van der Waals surface area contributed by atoms with Crippen LogP contribution in [0.15, 0.2) is 0 Å². The fraction of sp³-hybridized carbons (Fsp3) is 0.926. The van der Waals surface area contributed by atoms with E-state index in [1.165, 1.54) is 116 Å². The zero-order valence-electron chi connectivity index (χ0n) is 22.3. The van der Waals surface area contributed by atoms with E-state index in [0.717, 1.165) is 12.8 Å². The standard InChI is InChI=1S/C25H51NO2.C2HF3O2/c1-3-4-5-6-7-8-9-10-11-12-13-14-15-16-17-18-19-20-21-22-23-28-25(27)24(2)26;3-2(4,5)1(6)7/h24H,3-23,26H2,1-2H3;(H,6,7). The second-order valence-corrected chi connectivity index (χ2v) is 9.48. The summed E-state index contributed by atoms with van der Waals surface area (Å²) in [7, 11) is 0. The highest BCUT2D eigenvalue weighted by Crippen LogP contribution is 2.15. The molecule has 0 rings (SSSR count). The number of rotatable bonds is 22. The van der Waals surface area contributed by atoms with Gasteiger partial charge in [-0.05, 0) is 13.3 Å². The summed E-state index contributed by atoms with van der Waals surface area (Å²) in [6.07, 6.45) is 22.5. The van der Waals surface area contributed by atoms with Crippen molar-refractivity contribution in [1.29, 1.82) is 0 Å². The van der Waals surface area contributed by atoms with Crippen molar-refractivity contribution in [3.8, 4) is 0 Å². The van der Waals surface area contributed by atoms with Gasteiger partial charge in [0.1, 0.15) is 6.04 Å². The maximum absolute atomic E-state index is 11.2. The van der Waals surface area contributed by atoms with Gasteiger partial charge in [0.25, 0.3) is 0 Å². The van der Waals surface area contributed by atoms with Crippen molar-refractivity contribution in [2.24, 2.45) is 5.73 Å². The zero-order chi connectivity index (χ0) is 26.8. The minimum absolute atomic E-state index is 0.280. The molecule has 35 heavy (non-hydrogen) atoms. The molecule has 1 unspecified atom stereocenters. The van der Waals surface area contributed by atoms with E-state index in [4.69, 9.17) is 20.4 Å². The summed E-state index contributed by atoms with van der Waals surface area (Å²) in [5, 5.41) is 7.12. The highest BCUT2D eigenvalue weighted by atomic mass is 19.4. The first-order chi connectivity index (χ1) is 16.6. The average molecular weight is 512 g/mol. The SMILES string of the molecule is CCCCCCCCCCCCCCCCCCCCCCOC(=O)C(C)N.O=C(O)C(F)(F)F. The third-order valence-corrected chi connectivity index (χ3v) is 5.86. The highest BCUT2D eigenvalue weighted by Gasteiger charge is 2.38. The molecule has 5 nitrogen and oxygen atoms in total. The van der Waals surface area contributed by atoms with Gasteiger partial charge in [-0.1, -0.05) is 129 Å². The van der Waals surface area contributed by atoms with Crippen LogP contribution in [0.1, 0.15) is 142 Å². The topological polar surface area (TPSA) is 89.6 Å². The largest absolute Gasteiger partial charge is 0.490 e. The summed E-state index contributed by atoms with van der Waals surface area (Å²) in [6.45, 7) is 4.48. The molecule has 0 spiro atoms. The lowest BCUT2D eigenvalue weighted by Gasteiger charge is -2.07. The van der Waals surface area contributed by atoms with Crippen LogP contribution in [0.25, 0.3) is 0 Å². The number of esters is 1. The number of hydrogen-bond acceptors (Lipinski definition) is 4. The van der Waals surface area contributed by atoms with E-state index >= 15 is 0 Å². The van der Waals surface area contributed by atoms with E-state index in [1.807, 2.05) is 0 Å². The van der Waals surface area contributed by atoms with Gasteiger partial charge < -0.3 is 15.6 Å². The molecule has 210 valence electrons. The van der Waals surface area contributed by atoms with Crippen LogP contribution in [0.2, 0.25) is 0 Å². The van der Waals surface area contributed by atoms with Crippen molar-refractivity contribution >= 4 is 11.9 Å². The van der Waals surface area contributed by atoms with Crippen LogP contribution in [0.4, 0.5) is 13.2 Å². The van der Waals surface area contributed by atoms with E-state index in [0.29, 0.717) is 6.61 Å². The first kappa shape index (κ1) is 35.8. The van der Waals surface area contributed by atoms with Crippen molar-refractivity contribution in [1.82, 2.24) is 0 Å². The van der Waals surface area contributed by atoms with Gasteiger partial charge in [0.15, 0.2) is 0 Å². The maximum Gasteiger partial charge on any atom is 0.490 e. The van der Waals surface area contributed by atoms with Gasteiger partial charge >= 0.3 is 18.1 Å². The number of unbranched alkanes of at least 4 members (excludes halogenated alkanes) is 19. The molecule has 0 radical (unpaired) electrons.